The van der Waals surface area contributed by atoms with Gasteiger partial charge in [-0.05, 0) is 12.8 Å². The van der Waals surface area contributed by atoms with Crippen LogP contribution in [0, 0.1) is 0 Å². The van der Waals surface area contributed by atoms with E-state index in [4.69, 9.17) is 5.11 Å². The summed E-state index contributed by atoms with van der Waals surface area (Å²) < 4.78 is 1.56. The molecule has 19 heavy (non-hydrogen) atoms. The predicted molar refractivity (Wildman–Crippen MR) is 70.4 cm³/mol. The maximum atomic E-state index is 12.4. The van der Waals surface area contributed by atoms with Gasteiger partial charge < -0.3 is 10.0 Å². The molecular weight excluding hydrogens is 266 g/mol. The van der Waals surface area contributed by atoms with Crippen LogP contribution in [0.3, 0.4) is 0 Å². The third kappa shape index (κ3) is 2.28. The van der Waals surface area contributed by atoms with Gasteiger partial charge in [0.15, 0.2) is 5.16 Å². The molecule has 1 aliphatic carbocycles. The Morgan fingerprint density at radius 2 is 2.37 bits per heavy atom. The second-order valence-corrected chi connectivity index (χ2v) is 5.78. The molecule has 7 heteroatoms. The molecule has 6 nitrogen and oxygen atoms in total. The summed E-state index contributed by atoms with van der Waals surface area (Å²) in [5.41, 5.74) is -0.143. The molecule has 0 bridgehead atoms. The van der Waals surface area contributed by atoms with Crippen LogP contribution in [0.25, 0.3) is 0 Å². The van der Waals surface area contributed by atoms with Gasteiger partial charge in [0.2, 0.25) is 0 Å². The van der Waals surface area contributed by atoms with Crippen molar-refractivity contribution in [3.8, 4) is 0 Å². The van der Waals surface area contributed by atoms with Gasteiger partial charge >= 0.3 is 0 Å². The normalized spacial score (nSPS) is 17.3. The quantitative estimate of drug-likeness (QED) is 0.783. The first kappa shape index (κ1) is 12.7. The molecule has 3 rings (SSSR count). The van der Waals surface area contributed by atoms with Crippen molar-refractivity contribution in [1.29, 1.82) is 0 Å². The Morgan fingerprint density at radius 3 is 3.05 bits per heavy atom. The van der Waals surface area contributed by atoms with Crippen LogP contribution in [0.4, 0.5) is 0 Å². The molecule has 2 aliphatic rings. The summed E-state index contributed by atoms with van der Waals surface area (Å²) in [4.78, 5) is 30.4. The molecule has 0 saturated heterocycles. The Kier molecular flexibility index (Phi) is 3.32. The second-order valence-electron chi connectivity index (χ2n) is 4.71. The number of hydrogen-bond acceptors (Lipinski definition) is 5. The van der Waals surface area contributed by atoms with Gasteiger partial charge in [-0.2, -0.15) is 0 Å². The second kappa shape index (κ2) is 4.97. The number of aromatic nitrogens is 2. The van der Waals surface area contributed by atoms with E-state index in [1.54, 1.807) is 9.47 Å². The van der Waals surface area contributed by atoms with Crippen LogP contribution in [-0.2, 0) is 6.54 Å². The number of aliphatic hydroxyl groups excluding tert-OH is 1. The highest BCUT2D eigenvalue weighted by atomic mass is 32.2. The fraction of sp³-hybridized carbons (Fsp3) is 0.583. The lowest BCUT2D eigenvalue weighted by atomic mass is 10.2. The van der Waals surface area contributed by atoms with Gasteiger partial charge in [0.05, 0.1) is 6.61 Å². The first-order valence-corrected chi connectivity index (χ1v) is 7.35. The Hall–Kier alpha value is -1.34. The highest BCUT2D eigenvalue weighted by Crippen LogP contribution is 2.28. The van der Waals surface area contributed by atoms with Crippen molar-refractivity contribution >= 4 is 17.7 Å². The van der Waals surface area contributed by atoms with Crippen LogP contribution in [0.2, 0.25) is 0 Å². The van der Waals surface area contributed by atoms with Crippen molar-refractivity contribution in [3.63, 3.8) is 0 Å². The van der Waals surface area contributed by atoms with E-state index < -0.39 is 0 Å². The van der Waals surface area contributed by atoms with E-state index in [1.807, 2.05) is 0 Å². The summed E-state index contributed by atoms with van der Waals surface area (Å²) >= 11 is 1.53. The van der Waals surface area contributed by atoms with Crippen LogP contribution in [-0.4, -0.2) is 50.4 Å². The van der Waals surface area contributed by atoms with E-state index in [-0.39, 0.29) is 36.2 Å². The molecule has 0 spiro atoms. The van der Waals surface area contributed by atoms with Gasteiger partial charge in [0.25, 0.3) is 11.5 Å². The molecular formula is C12H15N3O3S. The zero-order valence-electron chi connectivity index (χ0n) is 10.4. The fourth-order valence-corrected chi connectivity index (χ4v) is 3.18. The third-order valence-corrected chi connectivity index (χ3v) is 4.35. The average molecular weight is 281 g/mol. The van der Waals surface area contributed by atoms with Crippen LogP contribution >= 0.6 is 11.8 Å². The summed E-state index contributed by atoms with van der Waals surface area (Å²) in [5.74, 6) is 0.518. The molecule has 102 valence electrons. The van der Waals surface area contributed by atoms with Gasteiger partial charge in [-0.1, -0.05) is 11.8 Å². The largest absolute Gasteiger partial charge is 0.395 e. The van der Waals surface area contributed by atoms with Gasteiger partial charge in [0.1, 0.15) is 5.56 Å². The third-order valence-electron chi connectivity index (χ3n) is 3.38. The summed E-state index contributed by atoms with van der Waals surface area (Å²) in [6.45, 7) is 0.799. The van der Waals surface area contributed by atoms with E-state index in [9.17, 15) is 9.59 Å². The standard InChI is InChI=1S/C12H15N3O3S/c16-5-3-14(8-1-2-8)10(17)9-7-13-12-15(11(9)18)4-6-19-12/h7-8,16H,1-6H2. The smallest absolute Gasteiger partial charge is 0.267 e. The van der Waals surface area contributed by atoms with E-state index in [2.05, 4.69) is 4.98 Å². The van der Waals surface area contributed by atoms with Gasteiger partial charge in [-0.15, -0.1) is 0 Å². The number of hydrogen-bond donors (Lipinski definition) is 1. The topological polar surface area (TPSA) is 75.4 Å². The van der Waals surface area contributed by atoms with E-state index in [0.717, 1.165) is 18.6 Å². The summed E-state index contributed by atoms with van der Waals surface area (Å²) in [5, 5.41) is 9.72. The summed E-state index contributed by atoms with van der Waals surface area (Å²) in [6, 6.07) is 0.173. The molecule has 1 N–H and O–H groups in total. The number of rotatable bonds is 4. The van der Waals surface area contributed by atoms with Crippen molar-refractivity contribution in [2.75, 3.05) is 18.9 Å². The minimum absolute atomic E-state index is 0.0855. The Morgan fingerprint density at radius 1 is 1.58 bits per heavy atom. The first-order valence-electron chi connectivity index (χ1n) is 6.37. The molecule has 2 heterocycles. The minimum Gasteiger partial charge on any atom is -0.395 e. The van der Waals surface area contributed by atoms with Crippen LogP contribution < -0.4 is 5.56 Å². The maximum absolute atomic E-state index is 12.4. The molecule has 1 fully saturated rings. The average Bonchev–Trinajstić information content (AvgIpc) is 3.12. The highest BCUT2D eigenvalue weighted by molar-refractivity contribution is 7.99. The molecule has 0 radical (unpaired) electrons. The van der Waals surface area contributed by atoms with E-state index in [1.165, 1.54) is 18.0 Å². The molecule has 1 saturated carbocycles. The van der Waals surface area contributed by atoms with Gasteiger partial charge in [-0.25, -0.2) is 4.98 Å². The van der Waals surface area contributed by atoms with Gasteiger partial charge in [0, 0.05) is 31.1 Å². The van der Waals surface area contributed by atoms with Crippen molar-refractivity contribution in [1.82, 2.24) is 14.5 Å². The molecule has 1 aromatic heterocycles. The number of fused-ring (bicyclic) bond motifs is 1. The highest BCUT2D eigenvalue weighted by Gasteiger charge is 2.34. The maximum Gasteiger partial charge on any atom is 0.267 e. The lowest BCUT2D eigenvalue weighted by molar-refractivity contribution is 0.0704. The number of amides is 1. The predicted octanol–water partition coefficient (Wildman–Crippen LogP) is -0.0541. The van der Waals surface area contributed by atoms with Gasteiger partial charge in [-0.3, -0.25) is 14.2 Å². The summed E-state index contributed by atoms with van der Waals surface area (Å²) in [7, 11) is 0. The van der Waals surface area contributed by atoms with Crippen molar-refractivity contribution in [3.05, 3.63) is 22.1 Å². The molecule has 0 aromatic carbocycles. The van der Waals surface area contributed by atoms with Crippen molar-refractivity contribution in [2.45, 2.75) is 30.6 Å². The summed E-state index contributed by atoms with van der Waals surface area (Å²) in [6.07, 6.45) is 3.27. The Labute approximate surface area is 114 Å². The van der Waals surface area contributed by atoms with Crippen LogP contribution in [0.15, 0.2) is 16.1 Å². The lowest BCUT2D eigenvalue weighted by Gasteiger charge is -2.21. The monoisotopic (exact) mass is 281 g/mol. The molecule has 0 atom stereocenters. The minimum atomic E-state index is -0.304. The van der Waals surface area contributed by atoms with Crippen molar-refractivity contribution in [2.24, 2.45) is 0 Å². The Balaban J connectivity index is 1.93. The number of carbonyl (C=O) groups excluding carboxylic acids is 1. The van der Waals surface area contributed by atoms with Crippen LogP contribution in [0.1, 0.15) is 23.2 Å². The number of aliphatic hydroxyl groups is 1. The molecule has 1 aliphatic heterocycles. The molecule has 0 unspecified atom stereocenters. The van der Waals surface area contributed by atoms with E-state index in [0.29, 0.717) is 11.7 Å². The van der Waals surface area contributed by atoms with Crippen LogP contribution in [0.5, 0.6) is 0 Å². The van der Waals surface area contributed by atoms with E-state index >= 15 is 0 Å². The number of carbonyl (C=O) groups is 1. The number of nitrogens with zero attached hydrogens (tertiary/aromatic N) is 3. The molecule has 1 aromatic rings. The SMILES string of the molecule is O=C(c1cnc2n(c1=O)CCS2)N(CCO)C1CC1. The number of thioether (sulfide) groups is 1. The fourth-order valence-electron chi connectivity index (χ4n) is 2.26. The zero-order valence-corrected chi connectivity index (χ0v) is 11.2. The molecule has 1 amide bonds. The lowest BCUT2D eigenvalue weighted by Crippen LogP contribution is -2.39. The zero-order chi connectivity index (χ0) is 13.4. The Bertz CT molecular complexity index is 568. The van der Waals surface area contributed by atoms with Crippen molar-refractivity contribution < 1.29 is 9.90 Å². The first-order chi connectivity index (χ1) is 9.22.